The highest BCUT2D eigenvalue weighted by Gasteiger charge is 2.13. The number of hydrogen-bond donors (Lipinski definition) is 2. The van der Waals surface area contributed by atoms with Crippen LogP contribution in [0.4, 0.5) is 0 Å². The topological polar surface area (TPSA) is 35.5 Å². The largest absolute Gasteiger partial charge is 0.396 e. The molecule has 0 amide bonds. The number of nitrogens with zero attached hydrogens (tertiary/aromatic N) is 1. The molecule has 0 radical (unpaired) electrons. The van der Waals surface area contributed by atoms with Crippen LogP contribution in [-0.2, 0) is 0 Å². The molecule has 1 rings (SSSR count). The van der Waals surface area contributed by atoms with Crippen molar-refractivity contribution in [3.63, 3.8) is 0 Å². The molecule has 2 N–H and O–H groups in total. The summed E-state index contributed by atoms with van der Waals surface area (Å²) in [6.07, 6.45) is 6.08. The van der Waals surface area contributed by atoms with E-state index in [2.05, 4.69) is 17.3 Å². The highest BCUT2D eigenvalue weighted by atomic mass is 16.2. The third-order valence-electron chi connectivity index (χ3n) is 2.89. The number of aliphatic hydroxyl groups excluding tert-OH is 1. The number of aliphatic hydroxyl groups is 1. The van der Waals surface area contributed by atoms with E-state index in [1.165, 1.54) is 25.8 Å². The molecule has 1 aliphatic rings. The van der Waals surface area contributed by atoms with E-state index in [0.717, 1.165) is 25.9 Å². The summed E-state index contributed by atoms with van der Waals surface area (Å²) in [5, 5.41) is 12.2. The van der Waals surface area contributed by atoms with Gasteiger partial charge in [-0.25, -0.2) is 0 Å². The predicted octanol–water partition coefficient (Wildman–Crippen LogP) is 0.833. The number of piperidine rings is 1. The molecule has 1 saturated heterocycles. The zero-order valence-electron chi connectivity index (χ0n) is 9.34. The van der Waals surface area contributed by atoms with Gasteiger partial charge in [-0.15, -0.1) is 0 Å². The van der Waals surface area contributed by atoms with Crippen molar-refractivity contribution in [3.05, 3.63) is 0 Å². The van der Waals surface area contributed by atoms with Crippen molar-refractivity contribution < 1.29 is 5.11 Å². The van der Waals surface area contributed by atoms with E-state index in [0.29, 0.717) is 12.6 Å². The van der Waals surface area contributed by atoms with Crippen molar-refractivity contribution in [2.45, 2.75) is 38.1 Å². The smallest absolute Gasteiger partial charge is 0.0431 e. The lowest BCUT2D eigenvalue weighted by atomic mass is 10.0. The van der Waals surface area contributed by atoms with Gasteiger partial charge < -0.3 is 15.3 Å². The average molecular weight is 200 g/mol. The monoisotopic (exact) mass is 200 g/mol. The highest BCUT2D eigenvalue weighted by Crippen LogP contribution is 2.08. The molecule has 1 unspecified atom stereocenters. The Balaban J connectivity index is 2.03. The molecule has 1 heterocycles. The minimum atomic E-state index is 0.329. The molecular formula is C11H24N2O. The number of nitrogens with one attached hydrogen (secondary N) is 1. The maximum Gasteiger partial charge on any atom is 0.0431 e. The van der Waals surface area contributed by atoms with Crippen LogP contribution in [0.3, 0.4) is 0 Å². The minimum absolute atomic E-state index is 0.329. The van der Waals surface area contributed by atoms with Crippen LogP contribution in [-0.4, -0.2) is 49.3 Å². The summed E-state index contributed by atoms with van der Waals surface area (Å²) < 4.78 is 0. The molecule has 3 nitrogen and oxygen atoms in total. The third kappa shape index (κ3) is 4.94. The van der Waals surface area contributed by atoms with Crippen molar-refractivity contribution in [2.75, 3.05) is 33.3 Å². The Morgan fingerprint density at radius 3 is 2.86 bits per heavy atom. The molecule has 0 aromatic heterocycles. The first-order chi connectivity index (χ1) is 6.83. The van der Waals surface area contributed by atoms with Gasteiger partial charge >= 0.3 is 0 Å². The fraction of sp³-hybridized carbons (Fsp3) is 1.00. The number of unbranched alkanes of at least 4 members (excludes halogenated alkanes) is 1. The summed E-state index contributed by atoms with van der Waals surface area (Å²) in [5.74, 6) is 0. The van der Waals surface area contributed by atoms with Crippen molar-refractivity contribution >= 4 is 0 Å². The predicted molar refractivity (Wildman–Crippen MR) is 59.5 cm³/mol. The van der Waals surface area contributed by atoms with Gasteiger partial charge in [0, 0.05) is 19.2 Å². The first kappa shape index (κ1) is 12.0. The van der Waals surface area contributed by atoms with E-state index in [-0.39, 0.29) is 0 Å². The Labute approximate surface area is 87.5 Å². The van der Waals surface area contributed by atoms with Crippen molar-refractivity contribution in [1.29, 1.82) is 0 Å². The summed E-state index contributed by atoms with van der Waals surface area (Å²) in [6, 6.07) is 0.697. The molecule has 0 aromatic rings. The van der Waals surface area contributed by atoms with Crippen molar-refractivity contribution in [1.82, 2.24) is 10.2 Å². The molecular weight excluding hydrogens is 176 g/mol. The van der Waals surface area contributed by atoms with Crippen LogP contribution < -0.4 is 5.32 Å². The molecule has 84 valence electrons. The maximum absolute atomic E-state index is 8.67. The highest BCUT2D eigenvalue weighted by molar-refractivity contribution is 4.74. The molecule has 0 aromatic carbocycles. The lowest BCUT2D eigenvalue weighted by Crippen LogP contribution is -2.42. The first-order valence-electron chi connectivity index (χ1n) is 5.85. The normalized spacial score (nSPS) is 22.9. The summed E-state index contributed by atoms with van der Waals surface area (Å²) in [6.45, 7) is 3.79. The van der Waals surface area contributed by atoms with E-state index in [4.69, 9.17) is 5.11 Å². The Hall–Kier alpha value is -0.120. The molecule has 0 bridgehead atoms. The standard InChI is InChI=1S/C11H24N2O/c1-13(8-4-5-9-14)10-11-6-2-3-7-12-11/h11-12,14H,2-10H2,1H3. The fourth-order valence-corrected chi connectivity index (χ4v) is 2.04. The van der Waals surface area contributed by atoms with E-state index >= 15 is 0 Å². The van der Waals surface area contributed by atoms with E-state index in [1.807, 2.05) is 0 Å². The van der Waals surface area contributed by atoms with E-state index < -0.39 is 0 Å². The van der Waals surface area contributed by atoms with E-state index in [1.54, 1.807) is 0 Å². The van der Waals surface area contributed by atoms with Crippen LogP contribution in [0.1, 0.15) is 32.1 Å². The second-order valence-electron chi connectivity index (χ2n) is 4.34. The van der Waals surface area contributed by atoms with Crippen LogP contribution >= 0.6 is 0 Å². The van der Waals surface area contributed by atoms with Gasteiger partial charge in [0.05, 0.1) is 0 Å². The molecule has 1 fully saturated rings. The van der Waals surface area contributed by atoms with Crippen molar-refractivity contribution in [3.8, 4) is 0 Å². The molecule has 0 aliphatic carbocycles. The van der Waals surface area contributed by atoms with Gasteiger partial charge in [-0.2, -0.15) is 0 Å². The Kier molecular flexibility index (Phi) is 6.15. The first-order valence-corrected chi connectivity index (χ1v) is 5.85. The molecule has 1 atom stereocenters. The average Bonchev–Trinajstić information content (AvgIpc) is 2.20. The van der Waals surface area contributed by atoms with Crippen molar-refractivity contribution in [2.24, 2.45) is 0 Å². The SMILES string of the molecule is CN(CCCCO)CC1CCCCN1. The Morgan fingerprint density at radius 1 is 1.36 bits per heavy atom. The van der Waals surface area contributed by atoms with Crippen LogP contribution in [0.15, 0.2) is 0 Å². The van der Waals surface area contributed by atoms with Crippen LogP contribution in [0, 0.1) is 0 Å². The number of hydrogen-bond acceptors (Lipinski definition) is 3. The van der Waals surface area contributed by atoms with Gasteiger partial charge in [-0.3, -0.25) is 0 Å². The lowest BCUT2D eigenvalue weighted by Gasteiger charge is -2.28. The van der Waals surface area contributed by atoms with Gasteiger partial charge in [-0.1, -0.05) is 6.42 Å². The van der Waals surface area contributed by atoms with Crippen LogP contribution in [0.5, 0.6) is 0 Å². The zero-order chi connectivity index (χ0) is 10.2. The number of rotatable bonds is 6. The third-order valence-corrected chi connectivity index (χ3v) is 2.89. The molecule has 1 aliphatic heterocycles. The van der Waals surface area contributed by atoms with Gasteiger partial charge in [0.15, 0.2) is 0 Å². The molecule has 0 spiro atoms. The van der Waals surface area contributed by atoms with Gasteiger partial charge in [-0.05, 0) is 45.8 Å². The Bertz CT molecular complexity index is 135. The summed E-state index contributed by atoms with van der Waals surface area (Å²) in [5.41, 5.74) is 0. The minimum Gasteiger partial charge on any atom is -0.396 e. The van der Waals surface area contributed by atoms with Gasteiger partial charge in [0.25, 0.3) is 0 Å². The summed E-state index contributed by atoms with van der Waals surface area (Å²) >= 11 is 0. The molecule has 3 heteroatoms. The van der Waals surface area contributed by atoms with Crippen LogP contribution in [0.2, 0.25) is 0 Å². The zero-order valence-corrected chi connectivity index (χ0v) is 9.34. The molecule has 14 heavy (non-hydrogen) atoms. The summed E-state index contributed by atoms with van der Waals surface area (Å²) in [7, 11) is 2.17. The van der Waals surface area contributed by atoms with E-state index in [9.17, 15) is 0 Å². The Morgan fingerprint density at radius 2 is 2.21 bits per heavy atom. The fourth-order valence-electron chi connectivity index (χ4n) is 2.04. The second kappa shape index (κ2) is 7.21. The summed E-state index contributed by atoms with van der Waals surface area (Å²) in [4.78, 5) is 2.37. The number of likely N-dealkylation sites (N-methyl/N-ethyl adjacent to an activating group) is 1. The van der Waals surface area contributed by atoms with Gasteiger partial charge in [0.1, 0.15) is 0 Å². The maximum atomic E-state index is 8.67. The molecule has 0 saturated carbocycles. The quantitative estimate of drug-likeness (QED) is 0.624. The van der Waals surface area contributed by atoms with Gasteiger partial charge in [0.2, 0.25) is 0 Å². The van der Waals surface area contributed by atoms with Crippen LogP contribution in [0.25, 0.3) is 0 Å². The second-order valence-corrected chi connectivity index (χ2v) is 4.34. The lowest BCUT2D eigenvalue weighted by molar-refractivity contribution is 0.240.